The number of nitrogens with zero attached hydrogens (tertiary/aromatic N) is 3. The van der Waals surface area contributed by atoms with Gasteiger partial charge in [0.2, 0.25) is 0 Å². The van der Waals surface area contributed by atoms with Gasteiger partial charge in [-0.1, -0.05) is 13.0 Å². The van der Waals surface area contributed by atoms with Crippen molar-refractivity contribution in [1.29, 1.82) is 0 Å². The van der Waals surface area contributed by atoms with Crippen molar-refractivity contribution in [3.8, 4) is 5.75 Å². The largest absolute Gasteiger partial charge is 0.497 e. The second kappa shape index (κ2) is 7.35. The third-order valence-corrected chi connectivity index (χ3v) is 6.08. The summed E-state index contributed by atoms with van der Waals surface area (Å²) in [4.78, 5) is 25.6. The maximum Gasteiger partial charge on any atom is 0.253 e. The number of fused-ring (bicyclic) bond motifs is 2. The van der Waals surface area contributed by atoms with E-state index in [1.54, 1.807) is 7.11 Å². The summed E-state index contributed by atoms with van der Waals surface area (Å²) >= 11 is 0. The Morgan fingerprint density at radius 3 is 2.85 bits per heavy atom. The van der Waals surface area contributed by atoms with E-state index in [9.17, 15) is 4.79 Å². The first-order valence-electron chi connectivity index (χ1n) is 9.89. The van der Waals surface area contributed by atoms with Crippen LogP contribution in [0.1, 0.15) is 47.9 Å². The normalized spacial score (nSPS) is 19.1. The Hall–Kier alpha value is -2.34. The highest BCUT2D eigenvalue weighted by Crippen LogP contribution is 2.42. The number of aromatic nitrogens is 2. The maximum atomic E-state index is 13.0. The first kappa shape index (κ1) is 18.0. The van der Waals surface area contributed by atoms with Crippen molar-refractivity contribution in [2.24, 2.45) is 0 Å². The monoisotopic (exact) mass is 368 g/mol. The number of benzene rings is 1. The average molecular weight is 368 g/mol. The molecule has 1 aromatic heterocycles. The molecule has 2 aromatic rings. The summed E-state index contributed by atoms with van der Waals surface area (Å²) in [6.07, 6.45) is 5.86. The number of carbonyl (C=O) groups is 1. The van der Waals surface area contributed by atoms with Crippen molar-refractivity contribution in [2.75, 3.05) is 33.3 Å². The molecule has 4 rings (SSSR count). The first-order valence-corrected chi connectivity index (χ1v) is 9.89. The van der Waals surface area contributed by atoms with E-state index in [0.29, 0.717) is 5.56 Å². The van der Waals surface area contributed by atoms with Gasteiger partial charge in [-0.3, -0.25) is 9.69 Å². The van der Waals surface area contributed by atoms with Gasteiger partial charge in [-0.2, -0.15) is 0 Å². The quantitative estimate of drug-likeness (QED) is 0.901. The van der Waals surface area contributed by atoms with Crippen LogP contribution in [0.4, 0.5) is 0 Å². The molecule has 27 heavy (non-hydrogen) atoms. The van der Waals surface area contributed by atoms with Crippen LogP contribution in [0.25, 0.3) is 0 Å². The lowest BCUT2D eigenvalue weighted by molar-refractivity contribution is 0.00707. The smallest absolute Gasteiger partial charge is 0.253 e. The van der Waals surface area contributed by atoms with Crippen LogP contribution in [0.15, 0.2) is 30.6 Å². The van der Waals surface area contributed by atoms with E-state index in [4.69, 9.17) is 9.72 Å². The average Bonchev–Trinajstić information content (AvgIpc) is 3.20. The van der Waals surface area contributed by atoms with E-state index in [1.807, 2.05) is 35.5 Å². The molecule has 3 heterocycles. The molecular weight excluding hydrogens is 340 g/mol. The van der Waals surface area contributed by atoms with E-state index in [-0.39, 0.29) is 11.4 Å². The summed E-state index contributed by atoms with van der Waals surface area (Å²) in [6, 6.07) is 7.43. The number of rotatable bonds is 4. The second-order valence-corrected chi connectivity index (χ2v) is 7.52. The molecule has 1 spiro atoms. The Balaban J connectivity index is 1.54. The van der Waals surface area contributed by atoms with Gasteiger partial charge in [-0.05, 0) is 44.0 Å². The molecule has 0 radical (unpaired) electrons. The van der Waals surface area contributed by atoms with Crippen molar-refractivity contribution < 1.29 is 9.53 Å². The SMILES string of the molecule is CCCN1CCc2[nH]cnc2C12CCN(C(=O)c1cccc(OC)c1)CC2. The van der Waals surface area contributed by atoms with E-state index in [0.717, 1.165) is 57.6 Å². The van der Waals surface area contributed by atoms with Crippen molar-refractivity contribution in [2.45, 2.75) is 38.1 Å². The molecule has 1 fully saturated rings. The lowest BCUT2D eigenvalue weighted by atomic mass is 9.78. The predicted octanol–water partition coefficient (Wildman–Crippen LogP) is 2.82. The zero-order chi connectivity index (χ0) is 18.9. The summed E-state index contributed by atoms with van der Waals surface area (Å²) < 4.78 is 5.26. The standard InChI is InChI=1S/C21H28N4O2/c1-3-10-25-11-7-18-19(23-15-22-18)21(25)8-12-24(13-9-21)20(26)16-5-4-6-17(14-16)27-2/h4-6,14-15H,3,7-13H2,1-2H3,(H,22,23). The third-order valence-electron chi connectivity index (χ3n) is 6.08. The van der Waals surface area contributed by atoms with Gasteiger partial charge in [-0.15, -0.1) is 0 Å². The molecule has 2 aliphatic rings. The number of hydrogen-bond acceptors (Lipinski definition) is 4. The summed E-state index contributed by atoms with van der Waals surface area (Å²) in [5.74, 6) is 0.806. The molecule has 6 heteroatoms. The van der Waals surface area contributed by atoms with Gasteiger partial charge in [0.25, 0.3) is 5.91 Å². The maximum absolute atomic E-state index is 13.0. The molecule has 1 amide bonds. The highest BCUT2D eigenvalue weighted by Gasteiger charge is 2.46. The number of imidazole rings is 1. The van der Waals surface area contributed by atoms with Crippen LogP contribution in [0, 0.1) is 0 Å². The molecule has 144 valence electrons. The molecule has 1 N–H and O–H groups in total. The number of aromatic amines is 1. The van der Waals surface area contributed by atoms with Gasteiger partial charge in [-0.25, -0.2) is 4.98 Å². The Labute approximate surface area is 160 Å². The number of ether oxygens (including phenoxy) is 1. The molecule has 0 atom stereocenters. The van der Waals surface area contributed by atoms with Gasteiger partial charge in [0.05, 0.1) is 24.7 Å². The topological polar surface area (TPSA) is 61.5 Å². The summed E-state index contributed by atoms with van der Waals surface area (Å²) in [6.45, 7) is 5.88. The highest BCUT2D eigenvalue weighted by atomic mass is 16.5. The van der Waals surface area contributed by atoms with Crippen molar-refractivity contribution in [3.05, 3.63) is 47.5 Å². The number of amides is 1. The molecule has 0 unspecified atom stereocenters. The van der Waals surface area contributed by atoms with Crippen molar-refractivity contribution >= 4 is 5.91 Å². The minimum atomic E-state index is -0.0330. The van der Waals surface area contributed by atoms with E-state index < -0.39 is 0 Å². The van der Waals surface area contributed by atoms with Gasteiger partial charge in [0.1, 0.15) is 5.75 Å². The number of hydrogen-bond donors (Lipinski definition) is 1. The number of piperidine rings is 1. The van der Waals surface area contributed by atoms with Gasteiger partial charge in [0, 0.05) is 37.3 Å². The molecule has 1 saturated heterocycles. The lowest BCUT2D eigenvalue weighted by Gasteiger charge is -2.50. The molecular formula is C21H28N4O2. The van der Waals surface area contributed by atoms with Crippen LogP contribution in [0.5, 0.6) is 5.75 Å². The molecule has 0 bridgehead atoms. The Morgan fingerprint density at radius 1 is 1.30 bits per heavy atom. The molecule has 6 nitrogen and oxygen atoms in total. The van der Waals surface area contributed by atoms with Crippen LogP contribution >= 0.6 is 0 Å². The van der Waals surface area contributed by atoms with Gasteiger partial charge < -0.3 is 14.6 Å². The fourth-order valence-corrected chi connectivity index (χ4v) is 4.69. The van der Waals surface area contributed by atoms with Crippen LogP contribution in [-0.4, -0.2) is 59.0 Å². The zero-order valence-electron chi connectivity index (χ0n) is 16.2. The molecule has 1 aromatic carbocycles. The number of carbonyl (C=O) groups excluding carboxylic acids is 1. The summed E-state index contributed by atoms with van der Waals surface area (Å²) in [7, 11) is 1.63. The second-order valence-electron chi connectivity index (χ2n) is 7.52. The minimum Gasteiger partial charge on any atom is -0.497 e. The van der Waals surface area contributed by atoms with Crippen LogP contribution in [-0.2, 0) is 12.0 Å². The zero-order valence-corrected chi connectivity index (χ0v) is 16.2. The van der Waals surface area contributed by atoms with Gasteiger partial charge in [0.15, 0.2) is 0 Å². The number of likely N-dealkylation sites (tertiary alicyclic amines) is 1. The fourth-order valence-electron chi connectivity index (χ4n) is 4.69. The minimum absolute atomic E-state index is 0.0330. The highest BCUT2D eigenvalue weighted by molar-refractivity contribution is 5.94. The first-order chi connectivity index (χ1) is 13.2. The Kier molecular flexibility index (Phi) is 4.91. The Morgan fingerprint density at radius 2 is 2.11 bits per heavy atom. The fraction of sp³-hybridized carbons (Fsp3) is 0.524. The van der Waals surface area contributed by atoms with Crippen LogP contribution in [0.2, 0.25) is 0 Å². The molecule has 0 saturated carbocycles. The lowest BCUT2D eigenvalue weighted by Crippen LogP contribution is -2.57. The van der Waals surface area contributed by atoms with Gasteiger partial charge >= 0.3 is 0 Å². The van der Waals surface area contributed by atoms with E-state index >= 15 is 0 Å². The predicted molar refractivity (Wildman–Crippen MR) is 104 cm³/mol. The molecule has 0 aliphatic carbocycles. The molecule has 2 aliphatic heterocycles. The van der Waals surface area contributed by atoms with E-state index in [1.165, 1.54) is 11.4 Å². The number of H-pyrrole nitrogens is 1. The van der Waals surface area contributed by atoms with Crippen LogP contribution < -0.4 is 4.74 Å². The van der Waals surface area contributed by atoms with E-state index in [2.05, 4.69) is 16.8 Å². The summed E-state index contributed by atoms with van der Waals surface area (Å²) in [5.41, 5.74) is 3.14. The van der Waals surface area contributed by atoms with Crippen molar-refractivity contribution in [3.63, 3.8) is 0 Å². The number of methoxy groups -OCH3 is 1. The van der Waals surface area contributed by atoms with Crippen LogP contribution in [0.3, 0.4) is 0 Å². The van der Waals surface area contributed by atoms with Crippen molar-refractivity contribution in [1.82, 2.24) is 19.8 Å². The third kappa shape index (κ3) is 3.12. The number of nitrogens with one attached hydrogen (secondary N) is 1. The Bertz CT molecular complexity index is 808. The summed E-state index contributed by atoms with van der Waals surface area (Å²) in [5, 5.41) is 0.